The first kappa shape index (κ1) is 54.8. The molecule has 0 aliphatic heterocycles. The van der Waals surface area contributed by atoms with Crippen LogP contribution in [0.4, 0.5) is 5.82 Å². The predicted octanol–water partition coefficient (Wildman–Crippen LogP) is 7.32. The van der Waals surface area contributed by atoms with Gasteiger partial charge >= 0.3 is 5.97 Å². The second-order valence-corrected chi connectivity index (χ2v) is 18.7. The lowest BCUT2D eigenvalue weighted by Crippen LogP contribution is -2.29. The van der Waals surface area contributed by atoms with Gasteiger partial charge < -0.3 is 30.8 Å². The predicted molar refractivity (Wildman–Crippen MR) is 252 cm³/mol. The van der Waals surface area contributed by atoms with Gasteiger partial charge in [0.05, 0.1) is 6.42 Å². The number of nitrogens with zero attached hydrogens (tertiary/aromatic N) is 10. The van der Waals surface area contributed by atoms with E-state index in [-0.39, 0.29) is 36.3 Å². The molecule has 6 aromatic rings. The molecule has 3 aliphatic rings. The number of anilines is 1. The van der Waals surface area contributed by atoms with Gasteiger partial charge in [-0.05, 0) is 100 Å². The molecule has 63 heavy (non-hydrogen) atoms. The zero-order valence-electron chi connectivity index (χ0n) is 33.1. The molecule has 0 bridgehead atoms. The molecule has 0 atom stereocenters. The van der Waals surface area contributed by atoms with Crippen molar-refractivity contribution in [2.45, 2.75) is 91.3 Å². The number of nitrogen functional groups attached to an aromatic ring is 2. The molecule has 21 nitrogen and oxygen atoms in total. The van der Waals surface area contributed by atoms with E-state index in [9.17, 15) is 19.2 Å². The van der Waals surface area contributed by atoms with Crippen LogP contribution in [0.25, 0.3) is 21.7 Å². The Balaban J connectivity index is 0.000000263. The molecule has 0 saturated heterocycles. The van der Waals surface area contributed by atoms with E-state index in [4.69, 9.17) is 32.3 Å². The fraction of sp³-hybridized carbons (Fsp3) is 0.400. The van der Waals surface area contributed by atoms with E-state index in [1.54, 1.807) is 34.8 Å². The van der Waals surface area contributed by atoms with Crippen LogP contribution in [0.5, 0.6) is 0 Å². The number of aromatic nitrogens is 10. The fourth-order valence-corrected chi connectivity index (χ4v) is 8.17. The lowest BCUT2D eigenvalue weighted by Gasteiger charge is -1.99. The number of carbonyl (C=O) groups excluding carboxylic acids is 3. The molecule has 3 aliphatic carbocycles. The maximum Gasteiger partial charge on any atom is 0.365 e. The number of nitrogens with one attached hydrogen (secondary N) is 1. The molecule has 3 fully saturated rings. The summed E-state index contributed by atoms with van der Waals surface area (Å²) in [6.45, 7) is 3.89. The van der Waals surface area contributed by atoms with Gasteiger partial charge in [0.25, 0.3) is 11.9 Å². The van der Waals surface area contributed by atoms with E-state index < -0.39 is 11.9 Å². The van der Waals surface area contributed by atoms with Gasteiger partial charge in [0.15, 0.2) is 26.7 Å². The van der Waals surface area contributed by atoms with Gasteiger partial charge in [0.1, 0.15) is 43.8 Å². The van der Waals surface area contributed by atoms with Crippen molar-refractivity contribution < 1.29 is 34.2 Å². The van der Waals surface area contributed by atoms with Gasteiger partial charge in [0.2, 0.25) is 5.01 Å². The molecule has 0 aromatic carbocycles. The number of rotatable bonds is 8. The van der Waals surface area contributed by atoms with Crippen LogP contribution in [-0.2, 0) is 14.4 Å². The smallest absolute Gasteiger partial charge is 0.365 e. The van der Waals surface area contributed by atoms with Crippen LogP contribution in [0.2, 0.25) is 0 Å². The van der Waals surface area contributed by atoms with Crippen molar-refractivity contribution in [3.63, 3.8) is 0 Å². The first-order valence-corrected chi connectivity index (χ1v) is 23.8. The number of carboxylic acid groups (broad SMARTS) is 2. The SMILES string of the molecule is Brc1csc(-c2nncn2C2CC2)n1.C.CC(=O)CC(C)=O.CC(=O)O.NC1CC1.NNC(=O)c1nc(Br)cs1.Nc1csc(-c2nncn2C2CC2)n1.O=C(O)c1nc(Br)cs1. The Bertz CT molecular complexity index is 2270. The van der Waals surface area contributed by atoms with Crippen molar-refractivity contribution in [1.82, 2.24) is 54.9 Å². The number of amides is 1. The Morgan fingerprint density at radius 2 is 1.10 bits per heavy atom. The minimum Gasteiger partial charge on any atom is -0.481 e. The third-order valence-corrected chi connectivity index (χ3v) is 12.5. The van der Waals surface area contributed by atoms with Gasteiger partial charge in [-0.2, -0.15) is 0 Å². The summed E-state index contributed by atoms with van der Waals surface area (Å²) < 4.78 is 6.28. The van der Waals surface area contributed by atoms with Gasteiger partial charge in [-0.1, -0.05) is 7.43 Å². The minimum atomic E-state index is -0.981. The Kier molecular flexibility index (Phi) is 24.2. The number of hydrazine groups is 1. The highest BCUT2D eigenvalue weighted by atomic mass is 79.9. The second kappa shape index (κ2) is 27.8. The van der Waals surface area contributed by atoms with E-state index in [1.807, 2.05) is 16.2 Å². The number of ketones is 2. The summed E-state index contributed by atoms with van der Waals surface area (Å²) in [5, 5.41) is 41.1. The van der Waals surface area contributed by atoms with Crippen LogP contribution in [-0.4, -0.2) is 95.1 Å². The number of halogens is 3. The van der Waals surface area contributed by atoms with Gasteiger partial charge in [-0.25, -0.2) is 30.6 Å². The standard InChI is InChI=1S/C8H7BrN4S.C8H9N5S.C5H8O2.C4H4BrN3OS.C4H2BrNO2S.C3H7N.C2H4O2.CH4/c2*9-6-3-14-8(11-6)7-12-10-4-13(7)5-1-2-5;1-4(6)3-5(2)7;5-2-1-10-4(7-2)3(9)8-6;5-2-1-9-3(6-2)4(7)8;4-3-1-2-3;1-2(3)4;/h3-5H,1-2H2;3-5H,1-2,9H2;3H2,1-2H3;1H,6H2,(H,8,9);1H,(H,7,8);3H,1-2,4H2;1H3,(H,3,4);1H4. The average molecular weight is 1140 g/mol. The van der Waals surface area contributed by atoms with E-state index in [1.165, 1.54) is 75.0 Å². The van der Waals surface area contributed by atoms with Crippen LogP contribution < -0.4 is 22.7 Å². The van der Waals surface area contributed by atoms with E-state index >= 15 is 0 Å². The molecular formula is C35H45Br3N14O7S4. The van der Waals surface area contributed by atoms with Crippen LogP contribution in [0, 0.1) is 0 Å². The number of carbonyl (C=O) groups is 5. The van der Waals surface area contributed by atoms with Crippen molar-refractivity contribution in [3.8, 4) is 21.7 Å². The van der Waals surface area contributed by atoms with Crippen molar-refractivity contribution in [2.75, 3.05) is 5.73 Å². The van der Waals surface area contributed by atoms with Crippen LogP contribution in [0.15, 0.2) is 48.0 Å². The number of aliphatic carboxylic acids is 1. The summed E-state index contributed by atoms with van der Waals surface area (Å²) in [5.41, 5.74) is 12.8. The summed E-state index contributed by atoms with van der Waals surface area (Å²) in [5.74, 6) is 4.85. The quantitative estimate of drug-likeness (QED) is 0.0376. The molecule has 6 heterocycles. The Morgan fingerprint density at radius 1 is 0.698 bits per heavy atom. The number of carboxylic acids is 2. The highest BCUT2D eigenvalue weighted by Gasteiger charge is 2.28. The van der Waals surface area contributed by atoms with Crippen molar-refractivity contribution in [2.24, 2.45) is 11.6 Å². The average Bonchev–Trinajstić information content (AvgIpc) is 4.08. The molecule has 28 heteroatoms. The highest BCUT2D eigenvalue weighted by molar-refractivity contribution is 9.11. The summed E-state index contributed by atoms with van der Waals surface area (Å²) >= 11 is 14.9. The molecular weight excluding hydrogens is 1100 g/mol. The number of Topliss-reactive ketones (excluding diaryl/α,β-unsaturated/α-hetero) is 2. The number of hydrogen-bond acceptors (Lipinski definition) is 20. The first-order chi connectivity index (χ1) is 29.4. The van der Waals surface area contributed by atoms with Gasteiger partial charge in [-0.15, -0.1) is 65.7 Å². The fourth-order valence-electron chi connectivity index (χ4n) is 4.00. The first-order valence-electron chi connectivity index (χ1n) is 17.9. The maximum absolute atomic E-state index is 10.7. The van der Waals surface area contributed by atoms with E-state index in [0.717, 1.165) is 44.5 Å². The zero-order chi connectivity index (χ0) is 45.9. The number of hydrogen-bond donors (Lipinski definition) is 6. The topological polar surface area (TPSA) is 329 Å². The zero-order valence-corrected chi connectivity index (χ0v) is 41.1. The Labute approximate surface area is 402 Å². The van der Waals surface area contributed by atoms with E-state index in [0.29, 0.717) is 38.2 Å². The van der Waals surface area contributed by atoms with Gasteiger partial charge in [-0.3, -0.25) is 24.6 Å². The summed E-state index contributed by atoms with van der Waals surface area (Å²) in [7, 11) is 0. The highest BCUT2D eigenvalue weighted by Crippen LogP contribution is 2.39. The summed E-state index contributed by atoms with van der Waals surface area (Å²) in [6.07, 6.45) is 11.1. The van der Waals surface area contributed by atoms with Crippen LogP contribution >= 0.6 is 93.1 Å². The molecule has 0 unspecified atom stereocenters. The monoisotopic (exact) mass is 1140 g/mol. The number of nitrogens with two attached hydrogens (primary N) is 3. The molecule has 342 valence electrons. The largest absolute Gasteiger partial charge is 0.481 e. The van der Waals surface area contributed by atoms with Gasteiger partial charge in [0, 0.05) is 46.6 Å². The molecule has 9 N–H and O–H groups in total. The van der Waals surface area contributed by atoms with Crippen LogP contribution in [0.3, 0.4) is 0 Å². The third-order valence-electron chi connectivity index (χ3n) is 6.99. The minimum absolute atomic E-state index is 0. The van der Waals surface area contributed by atoms with Crippen molar-refractivity contribution in [3.05, 3.63) is 58.0 Å². The Morgan fingerprint density at radius 3 is 1.37 bits per heavy atom. The molecule has 3 saturated carbocycles. The molecule has 6 aromatic heterocycles. The lowest BCUT2D eigenvalue weighted by atomic mass is 10.2. The molecule has 9 rings (SSSR count). The summed E-state index contributed by atoms with van der Waals surface area (Å²) in [4.78, 5) is 65.9. The van der Waals surface area contributed by atoms with Crippen molar-refractivity contribution in [1.29, 1.82) is 0 Å². The molecule has 1 amide bonds. The molecule has 0 spiro atoms. The number of aromatic carboxylic acids is 1. The number of thiazole rings is 4. The normalized spacial score (nSPS) is 13.0. The summed E-state index contributed by atoms with van der Waals surface area (Å²) in [6, 6.07) is 1.76. The van der Waals surface area contributed by atoms with Crippen LogP contribution in [0.1, 0.15) is 105 Å². The Hall–Kier alpha value is -4.29. The second-order valence-electron chi connectivity index (χ2n) is 12.8. The van der Waals surface area contributed by atoms with E-state index in [2.05, 4.69) is 97.3 Å². The third kappa shape index (κ3) is 21.8. The molecule has 0 radical (unpaired) electrons. The van der Waals surface area contributed by atoms with Crippen molar-refractivity contribution >= 4 is 128 Å². The maximum atomic E-state index is 10.7. The lowest BCUT2D eigenvalue weighted by molar-refractivity contribution is -0.134.